The van der Waals surface area contributed by atoms with Crippen molar-refractivity contribution in [2.24, 2.45) is 11.1 Å². The van der Waals surface area contributed by atoms with E-state index in [1.165, 1.54) is 17.7 Å². The van der Waals surface area contributed by atoms with Crippen LogP contribution in [-0.2, 0) is 0 Å². The number of thiophene rings is 1. The summed E-state index contributed by atoms with van der Waals surface area (Å²) in [6, 6.07) is 2.40. The number of hydrogen-bond acceptors (Lipinski definition) is 3. The Bertz CT molecular complexity index is 375. The van der Waals surface area contributed by atoms with Crippen LogP contribution in [0.3, 0.4) is 0 Å². The summed E-state index contributed by atoms with van der Waals surface area (Å²) in [6.07, 6.45) is 2.58. The lowest BCUT2D eigenvalue weighted by Crippen LogP contribution is -2.44. The van der Waals surface area contributed by atoms with Gasteiger partial charge < -0.3 is 5.73 Å². The summed E-state index contributed by atoms with van der Waals surface area (Å²) in [7, 11) is 0. The highest BCUT2D eigenvalue weighted by Crippen LogP contribution is 2.35. The number of nitrogens with zero attached hydrogens (tertiary/aromatic N) is 1. The van der Waals surface area contributed by atoms with Crippen molar-refractivity contribution < 1.29 is 0 Å². The molecule has 0 saturated carbocycles. The molecule has 2 rings (SSSR count). The molecule has 0 spiro atoms. The predicted octanol–water partition coefficient (Wildman–Crippen LogP) is 3.52. The highest BCUT2D eigenvalue weighted by atomic mass is 35.5. The van der Waals surface area contributed by atoms with E-state index in [0.717, 1.165) is 18.1 Å². The quantitative estimate of drug-likeness (QED) is 0.912. The molecule has 1 aromatic rings. The molecule has 4 heteroatoms. The van der Waals surface area contributed by atoms with Crippen LogP contribution in [0, 0.1) is 5.41 Å². The van der Waals surface area contributed by atoms with Crippen LogP contribution in [0.25, 0.3) is 0 Å². The van der Waals surface area contributed by atoms with Gasteiger partial charge in [0.05, 0.1) is 11.1 Å². The van der Waals surface area contributed by atoms with Crippen LogP contribution in [0.4, 0.5) is 0 Å². The van der Waals surface area contributed by atoms with Crippen LogP contribution in [0.15, 0.2) is 11.4 Å². The van der Waals surface area contributed by atoms with E-state index in [0.29, 0.717) is 18.0 Å². The lowest BCUT2D eigenvalue weighted by Gasteiger charge is -2.41. The van der Waals surface area contributed by atoms with Gasteiger partial charge in [0.2, 0.25) is 0 Å². The zero-order chi connectivity index (χ0) is 12.5. The van der Waals surface area contributed by atoms with E-state index in [2.05, 4.69) is 24.8 Å². The van der Waals surface area contributed by atoms with Crippen LogP contribution >= 0.6 is 22.9 Å². The van der Waals surface area contributed by atoms with E-state index in [1.54, 1.807) is 11.3 Å². The highest BCUT2D eigenvalue weighted by molar-refractivity contribution is 7.10. The standard InChI is InChI=1S/C13H21ClN2S/c1-13(2)4-3-5-16(9-13)11(7-15)12-6-10(14)8-17-12/h6,8,11H,3-5,7,9,15H2,1-2H3. The van der Waals surface area contributed by atoms with Gasteiger partial charge in [0.25, 0.3) is 0 Å². The molecule has 1 aliphatic heterocycles. The number of nitrogens with two attached hydrogens (primary N) is 1. The Morgan fingerprint density at radius 1 is 1.59 bits per heavy atom. The van der Waals surface area contributed by atoms with E-state index in [-0.39, 0.29) is 0 Å². The van der Waals surface area contributed by atoms with Crippen LogP contribution in [0.2, 0.25) is 5.02 Å². The summed E-state index contributed by atoms with van der Waals surface area (Å²) in [5.74, 6) is 0. The summed E-state index contributed by atoms with van der Waals surface area (Å²) in [6.45, 7) is 7.64. The number of likely N-dealkylation sites (tertiary alicyclic amines) is 1. The Hall–Kier alpha value is -0.0900. The molecule has 2 heterocycles. The molecule has 1 atom stereocenters. The summed E-state index contributed by atoms with van der Waals surface area (Å²) in [5.41, 5.74) is 6.36. The Labute approximate surface area is 113 Å². The molecule has 0 aliphatic carbocycles. The molecular weight excluding hydrogens is 252 g/mol. The van der Waals surface area contributed by atoms with Crippen molar-refractivity contribution in [2.45, 2.75) is 32.7 Å². The van der Waals surface area contributed by atoms with Crippen molar-refractivity contribution in [1.82, 2.24) is 4.90 Å². The van der Waals surface area contributed by atoms with Gasteiger partial charge in [-0.25, -0.2) is 0 Å². The van der Waals surface area contributed by atoms with Crippen molar-refractivity contribution in [3.63, 3.8) is 0 Å². The average Bonchev–Trinajstić information content (AvgIpc) is 2.64. The Morgan fingerprint density at radius 2 is 2.35 bits per heavy atom. The van der Waals surface area contributed by atoms with Gasteiger partial charge in [0, 0.05) is 23.3 Å². The van der Waals surface area contributed by atoms with Crippen molar-refractivity contribution in [2.75, 3.05) is 19.6 Å². The number of hydrogen-bond donors (Lipinski definition) is 1. The lowest BCUT2D eigenvalue weighted by atomic mass is 9.83. The first-order valence-corrected chi connectivity index (χ1v) is 7.46. The third-order valence-corrected chi connectivity index (χ3v) is 4.89. The molecule has 2 N–H and O–H groups in total. The van der Waals surface area contributed by atoms with Gasteiger partial charge in [0.1, 0.15) is 0 Å². The van der Waals surface area contributed by atoms with Gasteiger partial charge in [-0.05, 0) is 30.9 Å². The molecule has 1 fully saturated rings. The fraction of sp³-hybridized carbons (Fsp3) is 0.692. The van der Waals surface area contributed by atoms with Gasteiger partial charge in [-0.15, -0.1) is 11.3 Å². The minimum absolute atomic E-state index is 0.340. The lowest BCUT2D eigenvalue weighted by molar-refractivity contribution is 0.0820. The topological polar surface area (TPSA) is 29.3 Å². The van der Waals surface area contributed by atoms with Gasteiger partial charge in [-0.2, -0.15) is 0 Å². The molecule has 0 amide bonds. The van der Waals surface area contributed by atoms with E-state index < -0.39 is 0 Å². The second-order valence-corrected chi connectivity index (χ2v) is 7.04. The normalized spacial score (nSPS) is 22.6. The predicted molar refractivity (Wildman–Crippen MR) is 75.7 cm³/mol. The van der Waals surface area contributed by atoms with Crippen molar-refractivity contribution in [3.05, 3.63) is 21.3 Å². The summed E-state index contributed by atoms with van der Waals surface area (Å²) < 4.78 is 0. The molecule has 2 nitrogen and oxygen atoms in total. The summed E-state index contributed by atoms with van der Waals surface area (Å²) >= 11 is 7.73. The summed E-state index contributed by atoms with van der Waals surface area (Å²) in [5, 5.41) is 2.83. The zero-order valence-corrected chi connectivity index (χ0v) is 12.2. The van der Waals surface area contributed by atoms with Crippen LogP contribution in [0.1, 0.15) is 37.6 Å². The molecular formula is C13H21ClN2S. The molecule has 0 bridgehead atoms. The monoisotopic (exact) mass is 272 g/mol. The Balaban J connectivity index is 2.13. The number of piperidine rings is 1. The molecule has 0 radical (unpaired) electrons. The van der Waals surface area contributed by atoms with Crippen molar-refractivity contribution in [1.29, 1.82) is 0 Å². The maximum Gasteiger partial charge on any atom is 0.0565 e. The van der Waals surface area contributed by atoms with E-state index in [9.17, 15) is 0 Å². The third kappa shape index (κ3) is 3.22. The fourth-order valence-electron chi connectivity index (χ4n) is 2.68. The van der Waals surface area contributed by atoms with E-state index in [4.69, 9.17) is 17.3 Å². The van der Waals surface area contributed by atoms with Gasteiger partial charge in [-0.3, -0.25) is 4.90 Å². The number of rotatable bonds is 3. The minimum Gasteiger partial charge on any atom is -0.329 e. The Kier molecular flexibility index (Phi) is 4.14. The van der Waals surface area contributed by atoms with E-state index >= 15 is 0 Å². The number of halogens is 1. The van der Waals surface area contributed by atoms with Gasteiger partial charge in [0.15, 0.2) is 0 Å². The second-order valence-electron chi connectivity index (χ2n) is 5.66. The van der Waals surface area contributed by atoms with Gasteiger partial charge >= 0.3 is 0 Å². The molecule has 1 aliphatic rings. The average molecular weight is 273 g/mol. The highest BCUT2D eigenvalue weighted by Gasteiger charge is 2.31. The maximum absolute atomic E-state index is 6.01. The summed E-state index contributed by atoms with van der Waals surface area (Å²) in [4.78, 5) is 3.82. The van der Waals surface area contributed by atoms with Gasteiger partial charge in [-0.1, -0.05) is 25.4 Å². The van der Waals surface area contributed by atoms with E-state index in [1.807, 2.05) is 5.38 Å². The first-order valence-electron chi connectivity index (χ1n) is 6.20. The van der Waals surface area contributed by atoms with Crippen LogP contribution in [0.5, 0.6) is 0 Å². The maximum atomic E-state index is 6.01. The molecule has 1 saturated heterocycles. The third-order valence-electron chi connectivity index (χ3n) is 3.51. The van der Waals surface area contributed by atoms with Crippen LogP contribution < -0.4 is 5.73 Å². The zero-order valence-electron chi connectivity index (χ0n) is 10.6. The molecule has 1 aromatic heterocycles. The largest absolute Gasteiger partial charge is 0.329 e. The Morgan fingerprint density at radius 3 is 2.88 bits per heavy atom. The molecule has 96 valence electrons. The smallest absolute Gasteiger partial charge is 0.0565 e. The fourth-order valence-corrected chi connectivity index (χ4v) is 3.91. The van der Waals surface area contributed by atoms with Crippen molar-refractivity contribution in [3.8, 4) is 0 Å². The molecule has 0 aromatic carbocycles. The molecule has 17 heavy (non-hydrogen) atoms. The first-order chi connectivity index (χ1) is 8.02. The molecule has 1 unspecified atom stereocenters. The van der Waals surface area contributed by atoms with Crippen molar-refractivity contribution >= 4 is 22.9 Å². The van der Waals surface area contributed by atoms with Crippen LogP contribution in [-0.4, -0.2) is 24.5 Å². The second kappa shape index (κ2) is 5.27. The first kappa shape index (κ1) is 13.3. The SMILES string of the molecule is CC1(C)CCCN(C(CN)c2cc(Cl)cs2)C1. The minimum atomic E-state index is 0.340.